The lowest BCUT2D eigenvalue weighted by Gasteiger charge is -2.09. The maximum absolute atomic E-state index is 9.80. The molecule has 1 atom stereocenters. The summed E-state index contributed by atoms with van der Waals surface area (Å²) in [4.78, 5) is 0. The third kappa shape index (κ3) is 2.26. The van der Waals surface area contributed by atoms with Gasteiger partial charge >= 0.3 is 0 Å². The van der Waals surface area contributed by atoms with E-state index in [-0.39, 0.29) is 6.10 Å². The Morgan fingerprint density at radius 2 is 2.22 bits per heavy atom. The van der Waals surface area contributed by atoms with Crippen LogP contribution in [0.3, 0.4) is 0 Å². The monoisotopic (exact) mass is 245 g/mol. The molecule has 0 radical (unpaired) electrons. The van der Waals surface area contributed by atoms with Crippen molar-refractivity contribution in [3.63, 3.8) is 0 Å². The van der Waals surface area contributed by atoms with Gasteiger partial charge in [0.05, 0.1) is 17.3 Å². The molecule has 1 saturated carbocycles. The van der Waals surface area contributed by atoms with Gasteiger partial charge in [0, 0.05) is 25.5 Å². The van der Waals surface area contributed by atoms with Crippen molar-refractivity contribution in [2.45, 2.75) is 25.5 Å². The van der Waals surface area contributed by atoms with Crippen LogP contribution in [0.2, 0.25) is 0 Å². The predicted molar refractivity (Wildman–Crippen MR) is 71.2 cm³/mol. The van der Waals surface area contributed by atoms with Crippen molar-refractivity contribution in [3.8, 4) is 0 Å². The van der Waals surface area contributed by atoms with Gasteiger partial charge in [-0.25, -0.2) is 0 Å². The van der Waals surface area contributed by atoms with Gasteiger partial charge in [-0.05, 0) is 24.8 Å². The highest BCUT2D eigenvalue weighted by molar-refractivity contribution is 5.81. The number of rotatable bonds is 5. The topological polar surface area (TPSA) is 50.1 Å². The summed E-state index contributed by atoms with van der Waals surface area (Å²) in [6.07, 6.45) is 2.16. The number of nitrogens with one attached hydrogen (secondary N) is 1. The van der Waals surface area contributed by atoms with Crippen molar-refractivity contribution in [2.75, 3.05) is 6.54 Å². The van der Waals surface area contributed by atoms with Crippen molar-refractivity contribution in [2.24, 2.45) is 13.0 Å². The Kier molecular flexibility index (Phi) is 3.06. The summed E-state index contributed by atoms with van der Waals surface area (Å²) in [5, 5.41) is 18.8. The second-order valence-electron chi connectivity index (χ2n) is 5.12. The zero-order valence-electron chi connectivity index (χ0n) is 10.6. The lowest BCUT2D eigenvalue weighted by atomic mass is 10.2. The Hall–Kier alpha value is -1.39. The number of nitrogens with zero attached hydrogens (tertiary/aromatic N) is 2. The Bertz CT molecular complexity index is 545. The summed E-state index contributed by atoms with van der Waals surface area (Å²) in [7, 11) is 1.96. The molecule has 0 saturated heterocycles. The third-order valence-electron chi connectivity index (χ3n) is 3.65. The summed E-state index contributed by atoms with van der Waals surface area (Å²) >= 11 is 0. The van der Waals surface area contributed by atoms with E-state index in [1.165, 1.54) is 18.2 Å². The number of aliphatic hydroxyl groups excluding tert-OH is 1. The van der Waals surface area contributed by atoms with Crippen LogP contribution in [0.5, 0.6) is 0 Å². The van der Waals surface area contributed by atoms with Gasteiger partial charge in [0.25, 0.3) is 0 Å². The summed E-state index contributed by atoms with van der Waals surface area (Å²) in [6.45, 7) is 1.38. The molecule has 1 heterocycles. The third-order valence-corrected chi connectivity index (χ3v) is 3.65. The van der Waals surface area contributed by atoms with Crippen LogP contribution in [0.4, 0.5) is 0 Å². The van der Waals surface area contributed by atoms with E-state index in [1.54, 1.807) is 0 Å². The fraction of sp³-hybridized carbons (Fsp3) is 0.500. The van der Waals surface area contributed by atoms with Crippen LogP contribution in [0, 0.1) is 5.92 Å². The van der Waals surface area contributed by atoms with Gasteiger partial charge in [0.2, 0.25) is 0 Å². The van der Waals surface area contributed by atoms with Crippen molar-refractivity contribution in [1.82, 2.24) is 15.1 Å². The van der Waals surface area contributed by atoms with Crippen LogP contribution in [-0.4, -0.2) is 27.5 Å². The quantitative estimate of drug-likeness (QED) is 0.838. The van der Waals surface area contributed by atoms with E-state index < -0.39 is 0 Å². The second kappa shape index (κ2) is 4.71. The molecule has 1 unspecified atom stereocenters. The molecule has 1 fully saturated rings. The van der Waals surface area contributed by atoms with Gasteiger partial charge < -0.3 is 10.4 Å². The smallest absolute Gasteiger partial charge is 0.0841 e. The van der Waals surface area contributed by atoms with E-state index >= 15 is 0 Å². The largest absolute Gasteiger partial charge is 0.392 e. The van der Waals surface area contributed by atoms with Crippen LogP contribution in [0.25, 0.3) is 10.9 Å². The number of benzene rings is 1. The molecule has 96 valence electrons. The van der Waals surface area contributed by atoms with Crippen LogP contribution in [0.1, 0.15) is 18.5 Å². The number of hydrogen-bond acceptors (Lipinski definition) is 3. The van der Waals surface area contributed by atoms with Crippen molar-refractivity contribution >= 4 is 10.9 Å². The van der Waals surface area contributed by atoms with E-state index in [0.29, 0.717) is 19.0 Å². The minimum absolute atomic E-state index is 0.194. The average molecular weight is 245 g/mol. The Balaban J connectivity index is 1.67. The standard InChI is InChI=1S/C14H19N3O/c1-17-13-5-3-2-4-11(13)12(16-17)8-15-9-14(18)10-6-7-10/h2-5,10,14-15,18H,6-9H2,1H3. The van der Waals surface area contributed by atoms with E-state index in [1.807, 2.05) is 23.9 Å². The minimum atomic E-state index is -0.194. The molecule has 0 aliphatic heterocycles. The fourth-order valence-electron chi connectivity index (χ4n) is 2.41. The fourth-order valence-corrected chi connectivity index (χ4v) is 2.41. The summed E-state index contributed by atoms with van der Waals surface area (Å²) < 4.78 is 1.91. The SMILES string of the molecule is Cn1nc(CNCC(O)C2CC2)c2ccccc21. The Labute approximate surface area is 107 Å². The highest BCUT2D eigenvalue weighted by Crippen LogP contribution is 2.32. The lowest BCUT2D eigenvalue weighted by Crippen LogP contribution is -2.28. The number of aromatic nitrogens is 2. The molecule has 3 rings (SSSR count). The molecular weight excluding hydrogens is 226 g/mol. The highest BCUT2D eigenvalue weighted by atomic mass is 16.3. The average Bonchev–Trinajstić information content (AvgIpc) is 3.17. The van der Waals surface area contributed by atoms with Gasteiger partial charge in [-0.3, -0.25) is 4.68 Å². The van der Waals surface area contributed by atoms with Gasteiger partial charge in [-0.15, -0.1) is 0 Å². The molecule has 1 aliphatic rings. The maximum Gasteiger partial charge on any atom is 0.0841 e. The zero-order chi connectivity index (χ0) is 12.5. The van der Waals surface area contributed by atoms with Gasteiger partial charge in [0.15, 0.2) is 0 Å². The van der Waals surface area contributed by atoms with E-state index in [9.17, 15) is 5.11 Å². The van der Waals surface area contributed by atoms with Crippen LogP contribution in [-0.2, 0) is 13.6 Å². The first-order chi connectivity index (χ1) is 8.75. The molecule has 1 aromatic heterocycles. The molecule has 4 nitrogen and oxygen atoms in total. The van der Waals surface area contributed by atoms with E-state index in [0.717, 1.165) is 11.2 Å². The minimum Gasteiger partial charge on any atom is -0.392 e. The first-order valence-corrected chi connectivity index (χ1v) is 6.55. The maximum atomic E-state index is 9.80. The predicted octanol–water partition coefficient (Wildman–Crippen LogP) is 1.43. The first kappa shape index (κ1) is 11.7. The van der Waals surface area contributed by atoms with E-state index in [2.05, 4.69) is 22.5 Å². The molecule has 1 aliphatic carbocycles. The zero-order valence-corrected chi connectivity index (χ0v) is 10.6. The van der Waals surface area contributed by atoms with Gasteiger partial charge in [-0.2, -0.15) is 5.10 Å². The van der Waals surface area contributed by atoms with Crippen molar-refractivity contribution < 1.29 is 5.11 Å². The number of hydrogen-bond donors (Lipinski definition) is 2. The molecule has 2 N–H and O–H groups in total. The Morgan fingerprint density at radius 3 is 3.00 bits per heavy atom. The number of fused-ring (bicyclic) bond motifs is 1. The normalized spacial score (nSPS) is 17.2. The molecule has 2 aromatic rings. The van der Waals surface area contributed by atoms with E-state index in [4.69, 9.17) is 0 Å². The van der Waals surface area contributed by atoms with Gasteiger partial charge in [-0.1, -0.05) is 18.2 Å². The van der Waals surface area contributed by atoms with Crippen LogP contribution < -0.4 is 5.32 Å². The molecule has 0 amide bonds. The highest BCUT2D eigenvalue weighted by Gasteiger charge is 2.29. The molecular formula is C14H19N3O. The molecule has 4 heteroatoms. The number of aliphatic hydroxyl groups is 1. The lowest BCUT2D eigenvalue weighted by molar-refractivity contribution is 0.148. The summed E-state index contributed by atoms with van der Waals surface area (Å²) in [6, 6.07) is 8.23. The van der Waals surface area contributed by atoms with Crippen LogP contribution in [0.15, 0.2) is 24.3 Å². The van der Waals surface area contributed by atoms with Crippen molar-refractivity contribution in [3.05, 3.63) is 30.0 Å². The van der Waals surface area contributed by atoms with Crippen LogP contribution >= 0.6 is 0 Å². The van der Waals surface area contributed by atoms with Gasteiger partial charge in [0.1, 0.15) is 0 Å². The number of para-hydroxylation sites is 1. The molecule has 0 bridgehead atoms. The summed E-state index contributed by atoms with van der Waals surface area (Å²) in [5.41, 5.74) is 2.20. The number of aryl methyl sites for hydroxylation is 1. The molecule has 1 aromatic carbocycles. The Morgan fingerprint density at radius 1 is 1.44 bits per heavy atom. The van der Waals surface area contributed by atoms with Crippen molar-refractivity contribution in [1.29, 1.82) is 0 Å². The molecule has 0 spiro atoms. The summed E-state index contributed by atoms with van der Waals surface area (Å²) in [5.74, 6) is 0.526. The second-order valence-corrected chi connectivity index (χ2v) is 5.12. The first-order valence-electron chi connectivity index (χ1n) is 6.55. The molecule has 18 heavy (non-hydrogen) atoms.